The van der Waals surface area contributed by atoms with Gasteiger partial charge in [0.1, 0.15) is 6.10 Å². The van der Waals surface area contributed by atoms with Gasteiger partial charge in [0.2, 0.25) is 0 Å². The van der Waals surface area contributed by atoms with Gasteiger partial charge in [0.25, 0.3) is 0 Å². The fourth-order valence-corrected chi connectivity index (χ4v) is 8.67. The molecule has 2 unspecified atom stereocenters. The summed E-state index contributed by atoms with van der Waals surface area (Å²) in [6.45, 7) is 5.94. The minimum Gasteiger partial charge on any atom is -0.462 e. The third kappa shape index (κ3) is 3.05. The van der Waals surface area contributed by atoms with Crippen molar-refractivity contribution >= 4 is 5.97 Å². The molecule has 0 amide bonds. The molecule has 9 atom stereocenters. The van der Waals surface area contributed by atoms with Crippen LogP contribution in [-0.2, 0) is 9.53 Å². The third-order valence-electron chi connectivity index (χ3n) is 10.2. The first-order chi connectivity index (χ1) is 15.1. The minimum atomic E-state index is -0.957. The maximum absolute atomic E-state index is 12.5. The molecule has 0 spiro atoms. The van der Waals surface area contributed by atoms with Crippen LogP contribution >= 0.6 is 0 Å². The number of aliphatic hydroxyl groups is 2. The average molecular weight is 445 g/mol. The van der Waals surface area contributed by atoms with E-state index in [9.17, 15) is 19.8 Å². The van der Waals surface area contributed by atoms with E-state index in [1.165, 1.54) is 19.3 Å². The molecule has 6 nitrogen and oxygen atoms in total. The van der Waals surface area contributed by atoms with Gasteiger partial charge < -0.3 is 19.4 Å². The molecule has 4 aliphatic carbocycles. The molecule has 0 bridgehead atoms. The molecule has 5 rings (SSSR count). The van der Waals surface area contributed by atoms with Crippen LogP contribution in [0.2, 0.25) is 0 Å². The normalized spacial score (nSPS) is 47.8. The molecule has 6 heteroatoms. The predicted molar refractivity (Wildman–Crippen MR) is 118 cm³/mol. The first-order valence-corrected chi connectivity index (χ1v) is 12.2. The van der Waals surface area contributed by atoms with Crippen molar-refractivity contribution in [2.45, 2.75) is 95.9 Å². The molecule has 4 fully saturated rings. The topological polar surface area (TPSA) is 97.0 Å². The van der Waals surface area contributed by atoms with Crippen LogP contribution in [0.5, 0.6) is 0 Å². The molecule has 2 N–H and O–H groups in total. The number of ether oxygens (including phenoxy) is 1. The van der Waals surface area contributed by atoms with Crippen molar-refractivity contribution in [1.82, 2.24) is 0 Å². The van der Waals surface area contributed by atoms with Gasteiger partial charge in [-0.3, -0.25) is 4.79 Å². The van der Waals surface area contributed by atoms with Gasteiger partial charge in [-0.15, -0.1) is 0 Å². The predicted octanol–water partition coefficient (Wildman–Crippen LogP) is 3.78. The summed E-state index contributed by atoms with van der Waals surface area (Å²) < 4.78 is 11.0. The Labute approximate surface area is 189 Å². The van der Waals surface area contributed by atoms with Gasteiger partial charge in [-0.05, 0) is 79.7 Å². The van der Waals surface area contributed by atoms with E-state index in [1.54, 1.807) is 6.07 Å². The number of aliphatic hydroxyl groups excluding tert-OH is 1. The van der Waals surface area contributed by atoms with Gasteiger partial charge in [-0.1, -0.05) is 13.8 Å². The van der Waals surface area contributed by atoms with Crippen LogP contribution in [0.15, 0.2) is 27.6 Å². The smallest absolute Gasteiger partial charge is 0.335 e. The van der Waals surface area contributed by atoms with Crippen molar-refractivity contribution in [3.8, 4) is 0 Å². The molecule has 4 aliphatic rings. The van der Waals surface area contributed by atoms with Crippen LogP contribution < -0.4 is 5.63 Å². The number of hydrogen-bond donors (Lipinski definition) is 2. The Bertz CT molecular complexity index is 935. The quantitative estimate of drug-likeness (QED) is 0.674. The van der Waals surface area contributed by atoms with E-state index in [2.05, 4.69) is 13.8 Å². The van der Waals surface area contributed by atoms with E-state index >= 15 is 0 Å². The molecule has 1 heterocycles. The molecule has 1 aromatic heterocycles. The monoisotopic (exact) mass is 444 g/mol. The Hall–Kier alpha value is -1.66. The Morgan fingerprint density at radius 3 is 2.59 bits per heavy atom. The van der Waals surface area contributed by atoms with E-state index < -0.39 is 22.7 Å². The summed E-state index contributed by atoms with van der Waals surface area (Å²) >= 11 is 0. The average Bonchev–Trinajstić information content (AvgIpc) is 2.95. The number of rotatable bonds is 2. The van der Waals surface area contributed by atoms with Crippen LogP contribution in [-0.4, -0.2) is 34.0 Å². The molecule has 0 radical (unpaired) electrons. The second-order valence-corrected chi connectivity index (χ2v) is 11.5. The lowest BCUT2D eigenvalue weighted by atomic mass is 9.43. The lowest BCUT2D eigenvalue weighted by Gasteiger charge is -2.63. The molecular weight excluding hydrogens is 408 g/mol. The fourth-order valence-electron chi connectivity index (χ4n) is 8.67. The van der Waals surface area contributed by atoms with Crippen molar-refractivity contribution < 1.29 is 24.2 Å². The Kier molecular flexibility index (Phi) is 5.14. The van der Waals surface area contributed by atoms with E-state index in [-0.39, 0.29) is 29.3 Å². The maximum atomic E-state index is 12.5. The molecule has 32 heavy (non-hydrogen) atoms. The van der Waals surface area contributed by atoms with Gasteiger partial charge in [0.05, 0.1) is 18.0 Å². The van der Waals surface area contributed by atoms with E-state index in [4.69, 9.17) is 9.15 Å². The first-order valence-electron chi connectivity index (χ1n) is 12.2. The fraction of sp³-hybridized carbons (Fsp3) is 0.769. The number of fused-ring (bicyclic) bond motifs is 5. The Morgan fingerprint density at radius 1 is 1.12 bits per heavy atom. The van der Waals surface area contributed by atoms with Crippen LogP contribution in [0.3, 0.4) is 0 Å². The van der Waals surface area contributed by atoms with E-state index in [1.807, 2.05) is 0 Å². The summed E-state index contributed by atoms with van der Waals surface area (Å²) in [5, 5.41) is 22.7. The van der Waals surface area contributed by atoms with Gasteiger partial charge in [0.15, 0.2) is 0 Å². The summed E-state index contributed by atoms with van der Waals surface area (Å²) in [6.07, 6.45) is 7.78. The van der Waals surface area contributed by atoms with Crippen molar-refractivity contribution in [2.75, 3.05) is 0 Å². The highest BCUT2D eigenvalue weighted by Crippen LogP contribution is 2.70. The molecule has 1 aromatic rings. The first kappa shape index (κ1) is 22.1. The maximum Gasteiger partial charge on any atom is 0.335 e. The lowest BCUT2D eigenvalue weighted by molar-refractivity contribution is -0.205. The Balaban J connectivity index is 1.55. The van der Waals surface area contributed by atoms with Gasteiger partial charge in [-0.25, -0.2) is 4.79 Å². The summed E-state index contributed by atoms with van der Waals surface area (Å²) in [5.74, 6) is 0.469. The minimum absolute atomic E-state index is 0.133. The highest BCUT2D eigenvalue weighted by Gasteiger charge is 2.70. The molecular formula is C26H36O6. The largest absolute Gasteiger partial charge is 0.462 e. The van der Waals surface area contributed by atoms with Crippen molar-refractivity contribution in [3.63, 3.8) is 0 Å². The standard InChI is InChI=1S/C26H36O6/c1-15(27)32-21-13-26(30)20-6-5-17-12-18(28)8-10-24(17,2)19(20)9-11-25(26,3)23(21)16-4-7-22(29)31-14-16/h4,7,14,17-21,23,28,30H,5-6,8-13H2,1-3H3/t17-,18+,19?,20?,21+,23+,24+,25-,26+/m1/s1. The zero-order valence-corrected chi connectivity index (χ0v) is 19.4. The van der Waals surface area contributed by atoms with Gasteiger partial charge in [-0.2, -0.15) is 0 Å². The van der Waals surface area contributed by atoms with Crippen LogP contribution in [0.4, 0.5) is 0 Å². The molecule has 0 aromatic carbocycles. The van der Waals surface area contributed by atoms with Crippen LogP contribution in [0.25, 0.3) is 0 Å². The van der Waals surface area contributed by atoms with Crippen LogP contribution in [0, 0.1) is 28.6 Å². The van der Waals surface area contributed by atoms with Crippen molar-refractivity contribution in [1.29, 1.82) is 0 Å². The van der Waals surface area contributed by atoms with Crippen molar-refractivity contribution in [2.24, 2.45) is 28.6 Å². The second-order valence-electron chi connectivity index (χ2n) is 11.5. The number of esters is 1. The highest BCUT2D eigenvalue weighted by molar-refractivity contribution is 5.66. The summed E-state index contributed by atoms with van der Waals surface area (Å²) in [6, 6.07) is 3.17. The van der Waals surface area contributed by atoms with Crippen molar-refractivity contribution in [3.05, 3.63) is 34.4 Å². The zero-order chi connectivity index (χ0) is 22.9. The Morgan fingerprint density at radius 2 is 1.91 bits per heavy atom. The van der Waals surface area contributed by atoms with E-state index in [0.29, 0.717) is 18.3 Å². The lowest BCUT2D eigenvalue weighted by Crippen LogP contribution is -2.62. The number of carbonyl (C=O) groups is 1. The number of carbonyl (C=O) groups excluding carboxylic acids is 1. The number of hydrogen-bond acceptors (Lipinski definition) is 6. The molecule has 4 saturated carbocycles. The molecule has 176 valence electrons. The summed E-state index contributed by atoms with van der Waals surface area (Å²) in [5.41, 5.74) is -0.903. The third-order valence-corrected chi connectivity index (χ3v) is 10.2. The van der Waals surface area contributed by atoms with Gasteiger partial charge in [0, 0.05) is 30.7 Å². The molecule has 0 aliphatic heterocycles. The van der Waals surface area contributed by atoms with E-state index in [0.717, 1.165) is 50.5 Å². The summed E-state index contributed by atoms with van der Waals surface area (Å²) in [7, 11) is 0. The zero-order valence-electron chi connectivity index (χ0n) is 19.4. The van der Waals surface area contributed by atoms with Crippen LogP contribution in [0.1, 0.15) is 83.6 Å². The summed E-state index contributed by atoms with van der Waals surface area (Å²) in [4.78, 5) is 23.6. The second kappa shape index (κ2) is 7.42. The highest BCUT2D eigenvalue weighted by atomic mass is 16.5. The molecule has 0 saturated heterocycles. The van der Waals surface area contributed by atoms with Gasteiger partial charge >= 0.3 is 11.6 Å². The SMILES string of the molecule is CC(=O)O[C@H]1C[C@]2(O)C3CC[C@@H]4C[C@@H](O)CC[C@]4(C)C3CC[C@]2(C)[C@H]1c1ccc(=O)oc1.